The van der Waals surface area contributed by atoms with Gasteiger partial charge in [0.1, 0.15) is 0 Å². The number of hydrogen-bond acceptors (Lipinski definition) is 3. The number of ether oxygens (including phenoxy) is 2. The summed E-state index contributed by atoms with van der Waals surface area (Å²) < 4.78 is 11.7. The molecule has 130 valence electrons. The van der Waals surface area contributed by atoms with Gasteiger partial charge in [-0.2, -0.15) is 0 Å². The summed E-state index contributed by atoms with van der Waals surface area (Å²) in [5.74, 6) is -1.54. The summed E-state index contributed by atoms with van der Waals surface area (Å²) in [4.78, 5) is 14.9. The molecular formula is C19H17Cl2NO3. The van der Waals surface area contributed by atoms with Crippen LogP contribution in [0, 0.1) is 6.92 Å². The summed E-state index contributed by atoms with van der Waals surface area (Å²) >= 11 is 12.3. The number of halogens is 2. The van der Waals surface area contributed by atoms with Crippen molar-refractivity contribution in [3.63, 3.8) is 0 Å². The van der Waals surface area contributed by atoms with E-state index in [1.54, 1.807) is 17.0 Å². The zero-order valence-corrected chi connectivity index (χ0v) is 15.2. The lowest BCUT2D eigenvalue weighted by Gasteiger charge is -2.32. The Morgan fingerprint density at radius 1 is 1.12 bits per heavy atom. The highest BCUT2D eigenvalue weighted by atomic mass is 35.5. The number of carbonyl (C=O) groups is 1. The molecule has 0 aliphatic carbocycles. The Morgan fingerprint density at radius 3 is 2.60 bits per heavy atom. The fourth-order valence-electron chi connectivity index (χ4n) is 3.34. The molecule has 0 radical (unpaired) electrons. The van der Waals surface area contributed by atoms with Crippen LogP contribution in [0.5, 0.6) is 0 Å². The Kier molecular flexibility index (Phi) is 4.24. The van der Waals surface area contributed by atoms with E-state index in [9.17, 15) is 4.79 Å². The zero-order chi connectivity index (χ0) is 17.6. The molecule has 2 aromatic carbocycles. The fraction of sp³-hybridized carbons (Fsp3) is 0.316. The summed E-state index contributed by atoms with van der Waals surface area (Å²) in [6.07, 6.45) is 0.777. The predicted octanol–water partition coefficient (Wildman–Crippen LogP) is 4.44. The van der Waals surface area contributed by atoms with Gasteiger partial charge in [-0.15, -0.1) is 0 Å². The van der Waals surface area contributed by atoms with Gasteiger partial charge in [-0.25, -0.2) is 0 Å². The van der Waals surface area contributed by atoms with Gasteiger partial charge in [0.25, 0.3) is 11.7 Å². The minimum absolute atomic E-state index is 0.209. The molecule has 1 fully saturated rings. The molecule has 0 bridgehead atoms. The molecule has 0 saturated carbocycles. The molecule has 25 heavy (non-hydrogen) atoms. The topological polar surface area (TPSA) is 38.8 Å². The molecular weight excluding hydrogens is 361 g/mol. The normalized spacial score (nSPS) is 18.7. The van der Waals surface area contributed by atoms with Crippen molar-refractivity contribution >= 4 is 34.8 Å². The summed E-state index contributed by atoms with van der Waals surface area (Å²) in [6.45, 7) is 3.31. The number of benzene rings is 2. The zero-order valence-electron chi connectivity index (χ0n) is 13.7. The predicted molar refractivity (Wildman–Crippen MR) is 97.0 cm³/mol. The minimum Gasteiger partial charge on any atom is -0.338 e. The first-order valence-electron chi connectivity index (χ1n) is 8.16. The van der Waals surface area contributed by atoms with Gasteiger partial charge in [-0.3, -0.25) is 4.79 Å². The average molecular weight is 378 g/mol. The van der Waals surface area contributed by atoms with Crippen LogP contribution < -0.4 is 4.90 Å². The standard InChI is InChI=1S/C19H17Cl2NO3/c1-12-3-6-17-15(9-12)19(24-7-2-8-25-19)18(23)22(17)11-13-4-5-14(20)10-16(13)21/h3-6,9-10H,2,7-8,11H2,1H3. The van der Waals surface area contributed by atoms with Crippen molar-refractivity contribution in [2.75, 3.05) is 18.1 Å². The van der Waals surface area contributed by atoms with E-state index in [4.69, 9.17) is 32.7 Å². The van der Waals surface area contributed by atoms with Crippen molar-refractivity contribution in [2.24, 2.45) is 0 Å². The quantitative estimate of drug-likeness (QED) is 0.776. The second kappa shape index (κ2) is 6.29. The van der Waals surface area contributed by atoms with Gasteiger partial charge in [-0.05, 0) is 43.2 Å². The molecule has 1 spiro atoms. The molecule has 0 N–H and O–H groups in total. The second-order valence-electron chi connectivity index (χ2n) is 6.31. The molecule has 0 unspecified atom stereocenters. The van der Waals surface area contributed by atoms with E-state index in [2.05, 4.69) is 0 Å². The Balaban J connectivity index is 1.77. The van der Waals surface area contributed by atoms with Crippen LogP contribution in [0.15, 0.2) is 36.4 Å². The lowest BCUT2D eigenvalue weighted by atomic mass is 10.0. The third-order valence-electron chi connectivity index (χ3n) is 4.57. The minimum atomic E-state index is -1.33. The Labute approximate surface area is 156 Å². The number of nitrogens with zero attached hydrogens (tertiary/aromatic N) is 1. The Bertz CT molecular complexity index is 847. The van der Waals surface area contributed by atoms with Gasteiger partial charge in [0.2, 0.25) is 0 Å². The molecule has 0 atom stereocenters. The van der Waals surface area contributed by atoms with Crippen molar-refractivity contribution in [1.29, 1.82) is 0 Å². The van der Waals surface area contributed by atoms with Crippen LogP contribution in [-0.2, 0) is 26.6 Å². The smallest absolute Gasteiger partial charge is 0.292 e. The van der Waals surface area contributed by atoms with E-state index >= 15 is 0 Å². The largest absolute Gasteiger partial charge is 0.338 e. The fourth-order valence-corrected chi connectivity index (χ4v) is 3.81. The van der Waals surface area contributed by atoms with Crippen molar-refractivity contribution < 1.29 is 14.3 Å². The molecule has 2 aliphatic heterocycles. The van der Waals surface area contributed by atoms with Gasteiger partial charge in [0.05, 0.1) is 25.4 Å². The Hall–Kier alpha value is -1.59. The van der Waals surface area contributed by atoms with E-state index in [0.717, 1.165) is 28.8 Å². The summed E-state index contributed by atoms with van der Waals surface area (Å²) in [6, 6.07) is 11.1. The number of fused-ring (bicyclic) bond motifs is 2. The number of rotatable bonds is 2. The van der Waals surface area contributed by atoms with E-state index in [1.165, 1.54) is 0 Å². The molecule has 2 aromatic rings. The van der Waals surface area contributed by atoms with Crippen LogP contribution >= 0.6 is 23.2 Å². The molecule has 4 nitrogen and oxygen atoms in total. The third kappa shape index (κ3) is 2.74. The monoisotopic (exact) mass is 377 g/mol. The first-order chi connectivity index (χ1) is 12.0. The van der Waals surface area contributed by atoms with E-state index in [0.29, 0.717) is 29.8 Å². The summed E-state index contributed by atoms with van der Waals surface area (Å²) in [5.41, 5.74) is 3.43. The van der Waals surface area contributed by atoms with Crippen LogP contribution in [-0.4, -0.2) is 19.1 Å². The summed E-state index contributed by atoms with van der Waals surface area (Å²) in [5, 5.41) is 1.09. The number of amides is 1. The molecule has 2 aliphatic rings. The van der Waals surface area contributed by atoms with Crippen LogP contribution in [0.3, 0.4) is 0 Å². The van der Waals surface area contributed by atoms with E-state index in [1.807, 2.05) is 31.2 Å². The lowest BCUT2D eigenvalue weighted by Crippen LogP contribution is -2.47. The van der Waals surface area contributed by atoms with Crippen molar-refractivity contribution in [2.45, 2.75) is 25.7 Å². The van der Waals surface area contributed by atoms with Crippen LogP contribution in [0.25, 0.3) is 0 Å². The van der Waals surface area contributed by atoms with Crippen LogP contribution in [0.2, 0.25) is 10.0 Å². The second-order valence-corrected chi connectivity index (χ2v) is 7.16. The highest BCUT2D eigenvalue weighted by molar-refractivity contribution is 6.35. The maximum Gasteiger partial charge on any atom is 0.292 e. The van der Waals surface area contributed by atoms with Gasteiger partial charge >= 0.3 is 0 Å². The van der Waals surface area contributed by atoms with Crippen LogP contribution in [0.1, 0.15) is 23.1 Å². The average Bonchev–Trinajstić information content (AvgIpc) is 2.80. The first-order valence-corrected chi connectivity index (χ1v) is 8.92. The van der Waals surface area contributed by atoms with Crippen molar-refractivity contribution in [3.8, 4) is 0 Å². The number of carbonyl (C=O) groups excluding carboxylic acids is 1. The van der Waals surface area contributed by atoms with Crippen molar-refractivity contribution in [3.05, 3.63) is 63.1 Å². The summed E-state index contributed by atoms with van der Waals surface area (Å²) in [7, 11) is 0. The SMILES string of the molecule is Cc1ccc2c(c1)C1(OCCCO1)C(=O)N2Cc1ccc(Cl)cc1Cl. The lowest BCUT2D eigenvalue weighted by molar-refractivity contribution is -0.256. The van der Waals surface area contributed by atoms with Gasteiger partial charge in [0, 0.05) is 15.6 Å². The molecule has 0 aromatic heterocycles. The van der Waals surface area contributed by atoms with Gasteiger partial charge in [-0.1, -0.05) is 40.9 Å². The van der Waals surface area contributed by atoms with E-state index in [-0.39, 0.29) is 5.91 Å². The molecule has 6 heteroatoms. The van der Waals surface area contributed by atoms with Gasteiger partial charge in [0.15, 0.2) is 0 Å². The maximum atomic E-state index is 13.2. The number of aryl methyl sites for hydroxylation is 1. The number of anilines is 1. The maximum absolute atomic E-state index is 13.2. The highest BCUT2D eigenvalue weighted by Gasteiger charge is 2.54. The molecule has 1 amide bonds. The third-order valence-corrected chi connectivity index (χ3v) is 5.15. The van der Waals surface area contributed by atoms with Crippen LogP contribution in [0.4, 0.5) is 5.69 Å². The molecule has 4 rings (SSSR count). The Morgan fingerprint density at radius 2 is 1.88 bits per heavy atom. The van der Waals surface area contributed by atoms with Crippen molar-refractivity contribution in [1.82, 2.24) is 0 Å². The first kappa shape index (κ1) is 16.9. The van der Waals surface area contributed by atoms with E-state index < -0.39 is 5.79 Å². The molecule has 2 heterocycles. The number of hydrogen-bond donors (Lipinski definition) is 0. The van der Waals surface area contributed by atoms with Gasteiger partial charge < -0.3 is 14.4 Å². The molecule has 1 saturated heterocycles. The highest BCUT2D eigenvalue weighted by Crippen LogP contribution is 2.46.